The molecule has 0 unspecified atom stereocenters. The maximum atomic E-state index is 12.4. The monoisotopic (exact) mass is 263 g/mol. The molecule has 0 aromatic rings. The van der Waals surface area contributed by atoms with E-state index in [-0.39, 0.29) is 41.4 Å². The summed E-state index contributed by atoms with van der Waals surface area (Å²) < 4.78 is 0. The highest BCUT2D eigenvalue weighted by atomic mass is 16.4. The third kappa shape index (κ3) is 1.50. The van der Waals surface area contributed by atoms with Crippen LogP contribution in [0.15, 0.2) is 12.2 Å². The standard InChI is InChI=1S/C14H17NO4/c1-6(2)11(14(18)19)15-12(16)9-7-3-4-8(5-7)10(9)13(15)17/h3-4,6-11H,5H2,1-2H3,(H,18,19)/t7-,8+,9-,10-,11-/m0/s1. The molecule has 5 heteroatoms. The molecule has 1 heterocycles. The van der Waals surface area contributed by atoms with Gasteiger partial charge >= 0.3 is 5.97 Å². The van der Waals surface area contributed by atoms with Crippen LogP contribution in [0, 0.1) is 29.6 Å². The van der Waals surface area contributed by atoms with Crippen LogP contribution in [-0.2, 0) is 14.4 Å². The topological polar surface area (TPSA) is 74.7 Å². The summed E-state index contributed by atoms with van der Waals surface area (Å²) in [5.74, 6) is -2.34. The minimum Gasteiger partial charge on any atom is -0.480 e. The van der Waals surface area contributed by atoms with Crippen LogP contribution in [0.25, 0.3) is 0 Å². The molecule has 1 saturated carbocycles. The number of hydrogen-bond donors (Lipinski definition) is 1. The highest BCUT2D eigenvalue weighted by Crippen LogP contribution is 2.53. The van der Waals surface area contributed by atoms with Gasteiger partial charge in [0, 0.05) is 0 Å². The Labute approximate surface area is 111 Å². The normalized spacial score (nSPS) is 37.3. The highest BCUT2D eigenvalue weighted by Gasteiger charge is 2.61. The number of carboxylic acids is 1. The van der Waals surface area contributed by atoms with Gasteiger partial charge in [-0.1, -0.05) is 26.0 Å². The highest BCUT2D eigenvalue weighted by molar-refractivity contribution is 6.08. The lowest BCUT2D eigenvalue weighted by Crippen LogP contribution is -2.49. The second kappa shape index (κ2) is 3.92. The zero-order chi connectivity index (χ0) is 13.9. The number of hydrogen-bond acceptors (Lipinski definition) is 3. The number of carbonyl (C=O) groups is 3. The molecular formula is C14H17NO4. The minimum atomic E-state index is -1.10. The van der Waals surface area contributed by atoms with Crippen molar-refractivity contribution < 1.29 is 19.5 Å². The molecule has 3 rings (SSSR count). The minimum absolute atomic E-state index is 0.123. The van der Waals surface area contributed by atoms with Gasteiger partial charge in [0.1, 0.15) is 6.04 Å². The number of likely N-dealkylation sites (tertiary alicyclic amines) is 1. The van der Waals surface area contributed by atoms with Gasteiger partial charge in [-0.2, -0.15) is 0 Å². The maximum Gasteiger partial charge on any atom is 0.327 e. The molecule has 2 bridgehead atoms. The Kier molecular flexibility index (Phi) is 2.56. The van der Waals surface area contributed by atoms with E-state index >= 15 is 0 Å². The van der Waals surface area contributed by atoms with Gasteiger partial charge in [-0.25, -0.2) is 4.79 Å². The fourth-order valence-corrected chi connectivity index (χ4v) is 3.89. The number of fused-ring (bicyclic) bond motifs is 5. The molecule has 1 aliphatic heterocycles. The molecular weight excluding hydrogens is 246 g/mol. The average molecular weight is 263 g/mol. The van der Waals surface area contributed by atoms with Gasteiger partial charge < -0.3 is 5.11 Å². The van der Waals surface area contributed by atoms with Crippen molar-refractivity contribution in [1.82, 2.24) is 4.90 Å². The number of carboxylic acid groups (broad SMARTS) is 1. The van der Waals surface area contributed by atoms with Gasteiger partial charge in [-0.05, 0) is 24.2 Å². The molecule has 5 atom stereocenters. The Bertz CT molecular complexity index is 466. The second-order valence-electron chi connectivity index (χ2n) is 6.07. The summed E-state index contributed by atoms with van der Waals surface area (Å²) in [6.45, 7) is 3.45. The molecule has 2 aliphatic carbocycles. The summed E-state index contributed by atoms with van der Waals surface area (Å²) in [5.41, 5.74) is 0. The van der Waals surface area contributed by atoms with Crippen LogP contribution in [0.2, 0.25) is 0 Å². The van der Waals surface area contributed by atoms with Crippen molar-refractivity contribution in [1.29, 1.82) is 0 Å². The summed E-state index contributed by atoms with van der Waals surface area (Å²) in [5, 5.41) is 9.29. The molecule has 19 heavy (non-hydrogen) atoms. The summed E-state index contributed by atoms with van der Waals surface area (Å²) in [6.07, 6.45) is 4.87. The van der Waals surface area contributed by atoms with E-state index in [1.165, 1.54) is 0 Å². The molecule has 102 valence electrons. The lowest BCUT2D eigenvalue weighted by molar-refractivity contribution is -0.157. The van der Waals surface area contributed by atoms with Crippen LogP contribution < -0.4 is 0 Å². The number of nitrogens with zero attached hydrogens (tertiary/aromatic N) is 1. The molecule has 5 nitrogen and oxygen atoms in total. The van der Waals surface area contributed by atoms with Gasteiger partial charge in [-0.3, -0.25) is 14.5 Å². The van der Waals surface area contributed by atoms with E-state index in [0.717, 1.165) is 11.3 Å². The fraction of sp³-hybridized carbons (Fsp3) is 0.643. The average Bonchev–Trinajstić information content (AvgIpc) is 2.97. The van der Waals surface area contributed by atoms with Gasteiger partial charge in [0.2, 0.25) is 11.8 Å². The number of imide groups is 1. The summed E-state index contributed by atoms with van der Waals surface area (Å²) in [7, 11) is 0. The van der Waals surface area contributed by atoms with E-state index in [1.807, 2.05) is 12.2 Å². The van der Waals surface area contributed by atoms with E-state index in [0.29, 0.717) is 0 Å². The molecule has 0 spiro atoms. The molecule has 2 fully saturated rings. The third-order valence-electron chi connectivity index (χ3n) is 4.67. The number of aliphatic carboxylic acids is 1. The van der Waals surface area contributed by atoms with E-state index in [1.54, 1.807) is 13.8 Å². The van der Waals surface area contributed by atoms with Crippen LogP contribution in [0.3, 0.4) is 0 Å². The third-order valence-corrected chi connectivity index (χ3v) is 4.67. The van der Waals surface area contributed by atoms with Crippen LogP contribution in [0.1, 0.15) is 20.3 Å². The van der Waals surface area contributed by atoms with Crippen molar-refractivity contribution in [3.05, 3.63) is 12.2 Å². The van der Waals surface area contributed by atoms with Crippen LogP contribution in [0.4, 0.5) is 0 Å². The Morgan fingerprint density at radius 1 is 1.21 bits per heavy atom. The predicted octanol–water partition coefficient (Wildman–Crippen LogP) is 0.903. The van der Waals surface area contributed by atoms with E-state index in [4.69, 9.17) is 0 Å². The summed E-state index contributed by atoms with van der Waals surface area (Å²) >= 11 is 0. The number of allylic oxidation sites excluding steroid dienone is 2. The van der Waals surface area contributed by atoms with Gasteiger partial charge in [-0.15, -0.1) is 0 Å². The first-order valence-electron chi connectivity index (χ1n) is 6.71. The molecule has 0 aromatic carbocycles. The van der Waals surface area contributed by atoms with Crippen LogP contribution in [0.5, 0.6) is 0 Å². The van der Waals surface area contributed by atoms with Crippen molar-refractivity contribution in [2.45, 2.75) is 26.3 Å². The second-order valence-corrected chi connectivity index (χ2v) is 6.07. The first kappa shape index (κ1) is 12.4. The van der Waals surface area contributed by atoms with Crippen molar-refractivity contribution in [3.8, 4) is 0 Å². The Hall–Kier alpha value is -1.65. The molecule has 2 amide bonds. The largest absolute Gasteiger partial charge is 0.480 e. The first-order chi connectivity index (χ1) is 8.93. The number of carbonyl (C=O) groups excluding carboxylic acids is 2. The van der Waals surface area contributed by atoms with Crippen molar-refractivity contribution in [3.63, 3.8) is 0 Å². The molecule has 1 N–H and O–H groups in total. The maximum absolute atomic E-state index is 12.4. The zero-order valence-corrected chi connectivity index (χ0v) is 10.9. The first-order valence-corrected chi connectivity index (χ1v) is 6.71. The molecule has 1 saturated heterocycles. The van der Waals surface area contributed by atoms with E-state index < -0.39 is 12.0 Å². The van der Waals surface area contributed by atoms with Gasteiger partial charge in [0.25, 0.3) is 0 Å². The van der Waals surface area contributed by atoms with E-state index in [2.05, 4.69) is 0 Å². The van der Waals surface area contributed by atoms with Crippen LogP contribution >= 0.6 is 0 Å². The zero-order valence-electron chi connectivity index (χ0n) is 10.9. The molecule has 0 radical (unpaired) electrons. The SMILES string of the molecule is CC(C)[C@@H](C(=O)O)N1C(=O)[C@@H]2[C@@H](C1=O)[C@H]1C=C[C@@H]2C1. The van der Waals surface area contributed by atoms with Crippen LogP contribution in [-0.4, -0.2) is 33.8 Å². The predicted molar refractivity (Wildman–Crippen MR) is 65.8 cm³/mol. The lowest BCUT2D eigenvalue weighted by atomic mass is 9.85. The van der Waals surface area contributed by atoms with Gasteiger partial charge in [0.05, 0.1) is 11.8 Å². The Balaban J connectivity index is 1.96. The Morgan fingerprint density at radius 3 is 2.05 bits per heavy atom. The number of amides is 2. The molecule has 3 aliphatic rings. The van der Waals surface area contributed by atoms with Gasteiger partial charge in [0.15, 0.2) is 0 Å². The summed E-state index contributed by atoms with van der Waals surface area (Å²) in [4.78, 5) is 37.3. The van der Waals surface area contributed by atoms with Crippen molar-refractivity contribution >= 4 is 17.8 Å². The van der Waals surface area contributed by atoms with Crippen molar-refractivity contribution in [2.24, 2.45) is 29.6 Å². The summed E-state index contributed by atoms with van der Waals surface area (Å²) in [6, 6.07) is -1.04. The smallest absolute Gasteiger partial charge is 0.327 e. The van der Waals surface area contributed by atoms with Crippen molar-refractivity contribution in [2.75, 3.05) is 0 Å². The molecule has 0 aromatic heterocycles. The fourth-order valence-electron chi connectivity index (χ4n) is 3.89. The quantitative estimate of drug-likeness (QED) is 0.606. The van der Waals surface area contributed by atoms with E-state index in [9.17, 15) is 19.5 Å². The lowest BCUT2D eigenvalue weighted by Gasteiger charge is -2.27. The Morgan fingerprint density at radius 2 is 1.68 bits per heavy atom. The number of rotatable bonds is 3.